The summed E-state index contributed by atoms with van der Waals surface area (Å²) in [7, 11) is 1.58. The zero-order valence-corrected chi connectivity index (χ0v) is 11.7. The first-order chi connectivity index (χ1) is 10.2. The van der Waals surface area contributed by atoms with Gasteiger partial charge in [-0.15, -0.1) is 0 Å². The summed E-state index contributed by atoms with van der Waals surface area (Å²) in [5.41, 5.74) is 2.77. The number of carbonyl (C=O) groups is 1. The van der Waals surface area contributed by atoms with E-state index in [1.54, 1.807) is 31.5 Å². The van der Waals surface area contributed by atoms with Crippen LogP contribution in [0.25, 0.3) is 11.1 Å². The Kier molecular flexibility index (Phi) is 5.02. The fourth-order valence-corrected chi connectivity index (χ4v) is 1.83. The zero-order chi connectivity index (χ0) is 15.1. The molecule has 0 saturated carbocycles. The largest absolute Gasteiger partial charge is 0.383 e. The number of carbonyl (C=O) groups excluding carboxylic acids is 1. The Morgan fingerprint density at radius 2 is 2.05 bits per heavy atom. The third-order valence-electron chi connectivity index (χ3n) is 2.93. The van der Waals surface area contributed by atoms with Gasteiger partial charge in [0.05, 0.1) is 18.2 Å². The maximum absolute atomic E-state index is 11.9. The smallest absolute Gasteiger partial charge is 0.269 e. The van der Waals surface area contributed by atoms with Gasteiger partial charge in [-0.1, -0.05) is 12.1 Å². The molecule has 0 aliphatic heterocycles. The second-order valence-corrected chi connectivity index (χ2v) is 4.37. The lowest BCUT2D eigenvalue weighted by molar-refractivity contribution is 0.0932. The van der Waals surface area contributed by atoms with Crippen molar-refractivity contribution in [1.82, 2.24) is 10.3 Å². The van der Waals surface area contributed by atoms with Gasteiger partial charge in [-0.05, 0) is 35.4 Å². The molecule has 0 aliphatic rings. The van der Waals surface area contributed by atoms with Gasteiger partial charge in [0.1, 0.15) is 5.69 Å². The van der Waals surface area contributed by atoms with Gasteiger partial charge >= 0.3 is 0 Å². The normalized spacial score (nSPS) is 9.90. The van der Waals surface area contributed by atoms with Crippen LogP contribution in [0, 0.1) is 11.3 Å². The van der Waals surface area contributed by atoms with E-state index in [4.69, 9.17) is 10.00 Å². The molecule has 0 fully saturated rings. The topological polar surface area (TPSA) is 75.0 Å². The molecule has 0 spiro atoms. The van der Waals surface area contributed by atoms with Crippen LogP contribution in [0.5, 0.6) is 0 Å². The highest BCUT2D eigenvalue weighted by atomic mass is 16.5. The first kappa shape index (κ1) is 14.7. The summed E-state index contributed by atoms with van der Waals surface area (Å²) in [6.07, 6.45) is 1.60. The second-order valence-electron chi connectivity index (χ2n) is 4.37. The molecule has 5 heteroatoms. The number of nitrogens with zero attached hydrogens (tertiary/aromatic N) is 2. The Labute approximate surface area is 123 Å². The minimum Gasteiger partial charge on any atom is -0.383 e. The summed E-state index contributed by atoms with van der Waals surface area (Å²) in [6, 6.07) is 12.8. The van der Waals surface area contributed by atoms with Crippen molar-refractivity contribution in [1.29, 1.82) is 5.26 Å². The lowest BCUT2D eigenvalue weighted by atomic mass is 10.0. The number of hydrogen-bond acceptors (Lipinski definition) is 4. The molecule has 2 aromatic rings. The molecular weight excluding hydrogens is 266 g/mol. The summed E-state index contributed by atoms with van der Waals surface area (Å²) in [5, 5.41) is 11.5. The number of rotatable bonds is 5. The number of nitriles is 1. The summed E-state index contributed by atoms with van der Waals surface area (Å²) >= 11 is 0. The van der Waals surface area contributed by atoms with Gasteiger partial charge in [-0.2, -0.15) is 5.26 Å². The number of ether oxygens (including phenoxy) is 1. The molecule has 21 heavy (non-hydrogen) atoms. The monoisotopic (exact) mass is 281 g/mol. The first-order valence-electron chi connectivity index (χ1n) is 6.48. The van der Waals surface area contributed by atoms with Gasteiger partial charge in [-0.3, -0.25) is 9.78 Å². The number of benzene rings is 1. The molecule has 1 aromatic carbocycles. The fraction of sp³-hybridized carbons (Fsp3) is 0.188. The molecular formula is C16H15N3O2. The van der Waals surface area contributed by atoms with Crippen LogP contribution >= 0.6 is 0 Å². The Morgan fingerprint density at radius 3 is 2.71 bits per heavy atom. The lowest BCUT2D eigenvalue weighted by Gasteiger charge is -2.06. The summed E-state index contributed by atoms with van der Waals surface area (Å²) < 4.78 is 4.88. The Balaban J connectivity index is 2.16. The molecule has 1 amide bonds. The van der Waals surface area contributed by atoms with Crippen molar-refractivity contribution < 1.29 is 9.53 Å². The number of amides is 1. The third-order valence-corrected chi connectivity index (χ3v) is 2.93. The van der Waals surface area contributed by atoms with Gasteiger partial charge in [-0.25, -0.2) is 0 Å². The average Bonchev–Trinajstić information content (AvgIpc) is 2.55. The maximum atomic E-state index is 11.9. The second kappa shape index (κ2) is 7.17. The molecule has 1 N–H and O–H groups in total. The van der Waals surface area contributed by atoms with Crippen LogP contribution in [-0.4, -0.2) is 31.2 Å². The predicted octanol–water partition coefficient (Wildman–Crippen LogP) is 2.00. The molecule has 106 valence electrons. The number of nitrogens with one attached hydrogen (secondary N) is 1. The van der Waals surface area contributed by atoms with E-state index in [0.29, 0.717) is 24.4 Å². The number of pyridine rings is 1. The minimum atomic E-state index is -0.234. The number of aromatic nitrogens is 1. The predicted molar refractivity (Wildman–Crippen MR) is 78.6 cm³/mol. The summed E-state index contributed by atoms with van der Waals surface area (Å²) in [6.45, 7) is 0.902. The number of hydrogen-bond donors (Lipinski definition) is 1. The highest BCUT2D eigenvalue weighted by Crippen LogP contribution is 2.19. The molecule has 5 nitrogen and oxygen atoms in total. The minimum absolute atomic E-state index is 0.234. The van der Waals surface area contributed by atoms with Gasteiger partial charge in [0.2, 0.25) is 0 Å². The highest BCUT2D eigenvalue weighted by molar-refractivity contribution is 5.93. The van der Waals surface area contributed by atoms with E-state index in [0.717, 1.165) is 11.1 Å². The molecule has 0 radical (unpaired) electrons. The van der Waals surface area contributed by atoms with Crippen LogP contribution in [0.15, 0.2) is 42.6 Å². The van der Waals surface area contributed by atoms with Crippen LogP contribution < -0.4 is 5.32 Å². The molecule has 0 bridgehead atoms. The van der Waals surface area contributed by atoms with Crippen molar-refractivity contribution >= 4 is 5.91 Å². The Bertz CT molecular complexity index is 660. The van der Waals surface area contributed by atoms with Crippen molar-refractivity contribution in [2.24, 2.45) is 0 Å². The van der Waals surface area contributed by atoms with E-state index in [1.165, 1.54) is 0 Å². The quantitative estimate of drug-likeness (QED) is 0.850. The van der Waals surface area contributed by atoms with E-state index in [-0.39, 0.29) is 5.91 Å². The third kappa shape index (κ3) is 3.88. The first-order valence-corrected chi connectivity index (χ1v) is 6.48. The molecule has 0 atom stereocenters. The van der Waals surface area contributed by atoms with E-state index in [9.17, 15) is 4.79 Å². The summed E-state index contributed by atoms with van der Waals surface area (Å²) in [4.78, 5) is 16.0. The molecule has 2 rings (SSSR count). The van der Waals surface area contributed by atoms with Crippen molar-refractivity contribution in [3.05, 3.63) is 53.9 Å². The SMILES string of the molecule is COCCNC(=O)c1cc(-c2ccc(C#N)cc2)ccn1. The lowest BCUT2D eigenvalue weighted by Crippen LogP contribution is -2.27. The van der Waals surface area contributed by atoms with Crippen LogP contribution in [0.4, 0.5) is 0 Å². The van der Waals surface area contributed by atoms with Crippen LogP contribution in [0.3, 0.4) is 0 Å². The van der Waals surface area contributed by atoms with Crippen LogP contribution in [0.2, 0.25) is 0 Å². The highest BCUT2D eigenvalue weighted by Gasteiger charge is 2.08. The Hall–Kier alpha value is -2.71. The van der Waals surface area contributed by atoms with Crippen molar-refractivity contribution in [2.45, 2.75) is 0 Å². The van der Waals surface area contributed by atoms with E-state index in [1.807, 2.05) is 18.2 Å². The molecule has 1 aromatic heterocycles. The molecule has 0 saturated heterocycles. The molecule has 1 heterocycles. The van der Waals surface area contributed by atoms with Gasteiger partial charge in [0.25, 0.3) is 5.91 Å². The van der Waals surface area contributed by atoms with Crippen LogP contribution in [-0.2, 0) is 4.74 Å². The van der Waals surface area contributed by atoms with E-state index < -0.39 is 0 Å². The molecule has 0 aliphatic carbocycles. The van der Waals surface area contributed by atoms with Gasteiger partial charge < -0.3 is 10.1 Å². The van der Waals surface area contributed by atoms with Gasteiger partial charge in [0.15, 0.2) is 0 Å². The van der Waals surface area contributed by atoms with Gasteiger partial charge in [0, 0.05) is 19.9 Å². The summed E-state index contributed by atoms with van der Waals surface area (Å²) in [5.74, 6) is -0.234. The Morgan fingerprint density at radius 1 is 1.29 bits per heavy atom. The standard InChI is InChI=1S/C16H15N3O2/c1-21-9-8-19-16(20)15-10-14(6-7-18-15)13-4-2-12(11-17)3-5-13/h2-7,10H,8-9H2,1H3,(H,19,20). The van der Waals surface area contributed by atoms with Crippen molar-refractivity contribution in [3.63, 3.8) is 0 Å². The van der Waals surface area contributed by atoms with Crippen molar-refractivity contribution in [2.75, 3.05) is 20.3 Å². The maximum Gasteiger partial charge on any atom is 0.269 e. The van der Waals surface area contributed by atoms with Crippen molar-refractivity contribution in [3.8, 4) is 17.2 Å². The number of methoxy groups -OCH3 is 1. The zero-order valence-electron chi connectivity index (χ0n) is 11.7. The molecule has 0 unspecified atom stereocenters. The fourth-order valence-electron chi connectivity index (χ4n) is 1.83. The van der Waals surface area contributed by atoms with E-state index >= 15 is 0 Å². The average molecular weight is 281 g/mol. The van der Waals surface area contributed by atoms with E-state index in [2.05, 4.69) is 16.4 Å². The van der Waals surface area contributed by atoms with Crippen LogP contribution in [0.1, 0.15) is 16.1 Å².